The molecular weight excluding hydrogens is 380 g/mol. The van der Waals surface area contributed by atoms with Gasteiger partial charge in [0.25, 0.3) is 11.8 Å². The van der Waals surface area contributed by atoms with Crippen LogP contribution in [0.25, 0.3) is 6.08 Å². The molecule has 0 fully saturated rings. The molecule has 1 heterocycles. The highest BCUT2D eigenvalue weighted by atomic mass is 79.9. The van der Waals surface area contributed by atoms with E-state index in [1.165, 1.54) is 17.4 Å². The van der Waals surface area contributed by atoms with Gasteiger partial charge in [-0.25, -0.2) is 0 Å². The highest BCUT2D eigenvalue weighted by molar-refractivity contribution is 9.11. The van der Waals surface area contributed by atoms with Crippen LogP contribution < -0.4 is 15.6 Å². The van der Waals surface area contributed by atoms with Crippen molar-refractivity contribution in [3.63, 3.8) is 0 Å². The molecule has 0 bridgehead atoms. The van der Waals surface area contributed by atoms with Crippen LogP contribution in [-0.2, 0) is 4.79 Å². The maximum absolute atomic E-state index is 11.9. The average molecular weight is 395 g/mol. The number of hydrogen-bond acceptors (Lipinski definition) is 4. The molecule has 2 rings (SSSR count). The van der Waals surface area contributed by atoms with E-state index in [1.54, 1.807) is 30.3 Å². The smallest absolute Gasteiger partial charge is 0.269 e. The molecular formula is C16H15BrN2O3S. The summed E-state index contributed by atoms with van der Waals surface area (Å²) >= 11 is 4.85. The SMILES string of the molecule is CCOc1ccc(C(=O)NNC(=O)/C=C/c2ccc(Br)s2)cc1. The number of carbonyl (C=O) groups is 2. The van der Waals surface area contributed by atoms with Crippen molar-refractivity contribution < 1.29 is 14.3 Å². The molecule has 0 saturated carbocycles. The Kier molecular flexibility index (Phi) is 6.37. The normalized spacial score (nSPS) is 10.5. The van der Waals surface area contributed by atoms with Crippen molar-refractivity contribution in [3.05, 3.63) is 56.7 Å². The molecule has 120 valence electrons. The Morgan fingerprint density at radius 1 is 1.17 bits per heavy atom. The van der Waals surface area contributed by atoms with Gasteiger partial charge in [-0.15, -0.1) is 11.3 Å². The maximum Gasteiger partial charge on any atom is 0.269 e. The first-order valence-electron chi connectivity index (χ1n) is 6.85. The van der Waals surface area contributed by atoms with Gasteiger partial charge in [-0.3, -0.25) is 20.4 Å². The van der Waals surface area contributed by atoms with Gasteiger partial charge in [-0.05, 0) is 65.3 Å². The van der Waals surface area contributed by atoms with Crippen LogP contribution in [0.1, 0.15) is 22.2 Å². The summed E-state index contributed by atoms with van der Waals surface area (Å²) in [5.74, 6) is -0.111. The lowest BCUT2D eigenvalue weighted by atomic mass is 10.2. The number of benzene rings is 1. The summed E-state index contributed by atoms with van der Waals surface area (Å²) in [6.45, 7) is 2.45. The summed E-state index contributed by atoms with van der Waals surface area (Å²) < 4.78 is 6.29. The molecule has 1 aromatic carbocycles. The number of halogens is 1. The lowest BCUT2D eigenvalue weighted by molar-refractivity contribution is -0.117. The molecule has 0 saturated heterocycles. The van der Waals surface area contributed by atoms with Crippen molar-refractivity contribution in [2.45, 2.75) is 6.92 Å². The van der Waals surface area contributed by atoms with E-state index in [1.807, 2.05) is 19.1 Å². The standard InChI is InChI=1S/C16H15BrN2O3S/c1-2-22-12-5-3-11(4-6-12)16(21)19-18-15(20)10-8-13-7-9-14(17)23-13/h3-10H,2H2,1H3,(H,18,20)(H,19,21)/b10-8+. The van der Waals surface area contributed by atoms with E-state index in [0.29, 0.717) is 17.9 Å². The van der Waals surface area contributed by atoms with Crippen molar-refractivity contribution in [2.75, 3.05) is 6.61 Å². The van der Waals surface area contributed by atoms with Gasteiger partial charge in [-0.2, -0.15) is 0 Å². The highest BCUT2D eigenvalue weighted by Gasteiger charge is 2.06. The Hall–Kier alpha value is -2.12. The molecule has 0 atom stereocenters. The molecule has 5 nitrogen and oxygen atoms in total. The zero-order valence-electron chi connectivity index (χ0n) is 12.3. The highest BCUT2D eigenvalue weighted by Crippen LogP contribution is 2.22. The Balaban J connectivity index is 1.83. The minimum absolute atomic E-state index is 0.395. The summed E-state index contributed by atoms with van der Waals surface area (Å²) in [5, 5.41) is 0. The van der Waals surface area contributed by atoms with Crippen LogP contribution in [0.2, 0.25) is 0 Å². The molecule has 1 aromatic heterocycles. The van der Waals surface area contributed by atoms with E-state index in [-0.39, 0.29) is 0 Å². The van der Waals surface area contributed by atoms with Crippen LogP contribution in [0, 0.1) is 0 Å². The summed E-state index contributed by atoms with van der Waals surface area (Å²) in [5.41, 5.74) is 5.12. The Morgan fingerprint density at radius 3 is 2.52 bits per heavy atom. The molecule has 2 N–H and O–H groups in total. The zero-order valence-corrected chi connectivity index (χ0v) is 14.7. The monoisotopic (exact) mass is 394 g/mol. The fraction of sp³-hybridized carbons (Fsp3) is 0.125. The minimum Gasteiger partial charge on any atom is -0.494 e. The van der Waals surface area contributed by atoms with Crippen molar-refractivity contribution in [1.82, 2.24) is 10.9 Å². The Labute approximate surface area is 146 Å². The van der Waals surface area contributed by atoms with Crippen LogP contribution in [0.15, 0.2) is 46.3 Å². The third kappa shape index (κ3) is 5.54. The fourth-order valence-electron chi connectivity index (χ4n) is 1.68. The number of rotatable bonds is 5. The van der Waals surface area contributed by atoms with Gasteiger partial charge in [-0.1, -0.05) is 0 Å². The second-order valence-corrected chi connectivity index (χ2v) is 6.87. The topological polar surface area (TPSA) is 67.4 Å². The first-order chi connectivity index (χ1) is 11.1. The number of amides is 2. The summed E-state index contributed by atoms with van der Waals surface area (Å²) in [7, 11) is 0. The number of hydrogen-bond donors (Lipinski definition) is 2. The number of nitrogens with one attached hydrogen (secondary N) is 2. The van der Waals surface area contributed by atoms with E-state index in [4.69, 9.17) is 4.74 Å². The third-order valence-electron chi connectivity index (χ3n) is 2.72. The Bertz CT molecular complexity index is 710. The minimum atomic E-state index is -0.409. The molecule has 0 unspecified atom stereocenters. The molecule has 7 heteroatoms. The predicted octanol–water partition coefficient (Wildman–Crippen LogP) is 3.38. The Morgan fingerprint density at radius 2 is 1.91 bits per heavy atom. The molecule has 0 aliphatic carbocycles. The molecule has 2 aromatic rings. The quantitative estimate of drug-likeness (QED) is 0.603. The van der Waals surface area contributed by atoms with Crippen LogP contribution >= 0.6 is 27.3 Å². The number of ether oxygens (including phenoxy) is 1. The third-order valence-corrected chi connectivity index (χ3v) is 4.31. The molecule has 0 radical (unpaired) electrons. The van der Waals surface area contributed by atoms with E-state index in [2.05, 4.69) is 26.8 Å². The van der Waals surface area contributed by atoms with Crippen LogP contribution in [0.4, 0.5) is 0 Å². The van der Waals surface area contributed by atoms with Crippen molar-refractivity contribution in [2.24, 2.45) is 0 Å². The van der Waals surface area contributed by atoms with Gasteiger partial charge in [0.1, 0.15) is 5.75 Å². The predicted molar refractivity (Wildman–Crippen MR) is 94.3 cm³/mol. The van der Waals surface area contributed by atoms with Gasteiger partial charge in [0, 0.05) is 16.5 Å². The first-order valence-corrected chi connectivity index (χ1v) is 8.46. The van der Waals surface area contributed by atoms with Crippen LogP contribution in [0.5, 0.6) is 5.75 Å². The fourth-order valence-corrected chi connectivity index (χ4v) is 3.00. The van der Waals surface area contributed by atoms with Gasteiger partial charge >= 0.3 is 0 Å². The lowest BCUT2D eigenvalue weighted by Gasteiger charge is -2.06. The lowest BCUT2D eigenvalue weighted by Crippen LogP contribution is -2.40. The van der Waals surface area contributed by atoms with Crippen molar-refractivity contribution >= 4 is 45.2 Å². The molecule has 0 spiro atoms. The molecule has 2 amide bonds. The first kappa shape index (κ1) is 17.2. The number of hydrazine groups is 1. The second-order valence-electron chi connectivity index (χ2n) is 4.38. The van der Waals surface area contributed by atoms with E-state index in [9.17, 15) is 9.59 Å². The number of carbonyl (C=O) groups excluding carboxylic acids is 2. The molecule has 23 heavy (non-hydrogen) atoms. The van der Waals surface area contributed by atoms with Crippen molar-refractivity contribution in [1.29, 1.82) is 0 Å². The van der Waals surface area contributed by atoms with E-state index >= 15 is 0 Å². The van der Waals surface area contributed by atoms with Gasteiger partial charge in [0.2, 0.25) is 0 Å². The van der Waals surface area contributed by atoms with Crippen molar-refractivity contribution in [3.8, 4) is 5.75 Å². The average Bonchev–Trinajstić information content (AvgIpc) is 2.97. The number of thiophene rings is 1. The maximum atomic E-state index is 11.9. The second kappa shape index (κ2) is 8.50. The van der Waals surface area contributed by atoms with Gasteiger partial charge in [0.05, 0.1) is 10.4 Å². The zero-order chi connectivity index (χ0) is 16.7. The van der Waals surface area contributed by atoms with Crippen LogP contribution in [-0.4, -0.2) is 18.4 Å². The molecule has 0 aliphatic rings. The van der Waals surface area contributed by atoms with Crippen LogP contribution in [0.3, 0.4) is 0 Å². The van der Waals surface area contributed by atoms with Gasteiger partial charge in [0.15, 0.2) is 0 Å². The van der Waals surface area contributed by atoms with Gasteiger partial charge < -0.3 is 4.74 Å². The summed E-state index contributed by atoms with van der Waals surface area (Å²) in [6, 6.07) is 10.5. The largest absolute Gasteiger partial charge is 0.494 e. The molecule has 0 aliphatic heterocycles. The summed E-state index contributed by atoms with van der Waals surface area (Å²) in [4.78, 5) is 24.5. The van der Waals surface area contributed by atoms with E-state index < -0.39 is 11.8 Å². The van der Waals surface area contributed by atoms with E-state index in [0.717, 1.165) is 8.66 Å². The summed E-state index contributed by atoms with van der Waals surface area (Å²) in [6.07, 6.45) is 3.03.